The van der Waals surface area contributed by atoms with E-state index in [1.54, 1.807) is 0 Å². The van der Waals surface area contributed by atoms with Gasteiger partial charge in [0.25, 0.3) is 0 Å². The monoisotopic (exact) mass is 420 g/mol. The van der Waals surface area contributed by atoms with E-state index in [-0.39, 0.29) is 5.91 Å². The normalized spacial score (nSPS) is 16.9. The van der Waals surface area contributed by atoms with Crippen molar-refractivity contribution in [3.05, 3.63) is 42.5 Å². The first-order chi connectivity index (χ1) is 15.0. The molecule has 0 aliphatic carbocycles. The molecular formula is C26H36N4O. The smallest absolute Gasteiger partial charge is 0.225 e. The van der Waals surface area contributed by atoms with Gasteiger partial charge >= 0.3 is 0 Å². The lowest BCUT2D eigenvalue weighted by Gasteiger charge is -2.37. The molecule has 1 aliphatic heterocycles. The molecule has 31 heavy (non-hydrogen) atoms. The number of likely N-dealkylation sites (tertiary alicyclic amines) is 1. The average molecular weight is 421 g/mol. The zero-order valence-corrected chi connectivity index (χ0v) is 19.4. The van der Waals surface area contributed by atoms with E-state index in [0.717, 1.165) is 37.8 Å². The summed E-state index contributed by atoms with van der Waals surface area (Å²) in [5, 5.41) is 5.57. The third kappa shape index (κ3) is 4.63. The molecule has 1 N–H and O–H groups in total. The van der Waals surface area contributed by atoms with Gasteiger partial charge in [0.05, 0.1) is 0 Å². The van der Waals surface area contributed by atoms with Crippen molar-refractivity contribution in [3.63, 3.8) is 0 Å². The highest BCUT2D eigenvalue weighted by Gasteiger charge is 2.25. The fraction of sp³-hybridized carbons (Fsp3) is 0.500. The quantitative estimate of drug-likeness (QED) is 0.597. The van der Waals surface area contributed by atoms with Crippen molar-refractivity contribution in [2.75, 3.05) is 39.0 Å². The van der Waals surface area contributed by atoms with E-state index in [1.807, 2.05) is 6.07 Å². The largest absolute Gasteiger partial charge is 0.341 e. The zero-order chi connectivity index (χ0) is 22.0. The van der Waals surface area contributed by atoms with Crippen LogP contribution in [0.3, 0.4) is 0 Å². The van der Waals surface area contributed by atoms with Crippen LogP contribution in [-0.4, -0.2) is 60.0 Å². The van der Waals surface area contributed by atoms with Crippen molar-refractivity contribution in [2.24, 2.45) is 5.92 Å². The number of carbonyl (C=O) groups excluding carboxylic acids is 1. The molecule has 2 heterocycles. The predicted octanol–water partition coefficient (Wildman–Crippen LogP) is 4.81. The summed E-state index contributed by atoms with van der Waals surface area (Å²) in [6.45, 7) is 8.46. The number of nitrogens with zero attached hydrogens (tertiary/aromatic N) is 3. The van der Waals surface area contributed by atoms with Crippen LogP contribution in [0.4, 0.5) is 5.69 Å². The lowest BCUT2D eigenvalue weighted by Crippen LogP contribution is -2.42. The Balaban J connectivity index is 1.36. The summed E-state index contributed by atoms with van der Waals surface area (Å²) in [6.07, 6.45) is 2.99. The molecule has 1 fully saturated rings. The number of anilines is 1. The van der Waals surface area contributed by atoms with Crippen LogP contribution in [0.15, 0.2) is 42.5 Å². The molecule has 0 spiro atoms. The van der Waals surface area contributed by atoms with Crippen LogP contribution in [0.5, 0.6) is 0 Å². The van der Waals surface area contributed by atoms with Crippen molar-refractivity contribution in [1.29, 1.82) is 0 Å². The summed E-state index contributed by atoms with van der Waals surface area (Å²) in [4.78, 5) is 17.4. The lowest BCUT2D eigenvalue weighted by molar-refractivity contribution is -0.116. The summed E-state index contributed by atoms with van der Waals surface area (Å²) in [6, 6.07) is 15.4. The van der Waals surface area contributed by atoms with Crippen molar-refractivity contribution in [2.45, 2.75) is 45.7 Å². The third-order valence-corrected chi connectivity index (χ3v) is 7.16. The van der Waals surface area contributed by atoms with Crippen LogP contribution in [0.2, 0.25) is 0 Å². The topological polar surface area (TPSA) is 40.5 Å². The maximum Gasteiger partial charge on any atom is 0.225 e. The summed E-state index contributed by atoms with van der Waals surface area (Å²) in [5.74, 6) is 0.861. The second-order valence-electron chi connectivity index (χ2n) is 9.17. The molecule has 1 aromatic heterocycles. The Kier molecular flexibility index (Phi) is 6.63. The Morgan fingerprint density at radius 3 is 2.52 bits per heavy atom. The maximum atomic E-state index is 12.6. The molecular weight excluding hydrogens is 384 g/mol. The maximum absolute atomic E-state index is 12.6. The fourth-order valence-corrected chi connectivity index (χ4v) is 5.04. The highest BCUT2D eigenvalue weighted by Crippen LogP contribution is 2.31. The van der Waals surface area contributed by atoms with Gasteiger partial charge in [-0.05, 0) is 84.1 Å². The van der Waals surface area contributed by atoms with Crippen LogP contribution < -0.4 is 5.32 Å². The summed E-state index contributed by atoms with van der Waals surface area (Å²) >= 11 is 0. The molecule has 1 unspecified atom stereocenters. The molecule has 3 aromatic rings. The van der Waals surface area contributed by atoms with E-state index in [2.05, 4.69) is 84.0 Å². The van der Waals surface area contributed by atoms with Gasteiger partial charge in [-0.15, -0.1) is 0 Å². The Bertz CT molecular complexity index is 1050. The number of hydrogen-bond acceptors (Lipinski definition) is 3. The summed E-state index contributed by atoms with van der Waals surface area (Å²) < 4.78 is 2.33. The first kappa shape index (κ1) is 21.8. The number of fused-ring (bicyclic) bond motifs is 3. The van der Waals surface area contributed by atoms with Gasteiger partial charge in [0.15, 0.2) is 0 Å². The second kappa shape index (κ2) is 9.41. The number of aryl methyl sites for hydroxylation is 1. The van der Waals surface area contributed by atoms with Gasteiger partial charge in [-0.1, -0.05) is 18.2 Å². The van der Waals surface area contributed by atoms with E-state index in [0.29, 0.717) is 12.5 Å². The predicted molar refractivity (Wildman–Crippen MR) is 131 cm³/mol. The summed E-state index contributed by atoms with van der Waals surface area (Å²) in [5.41, 5.74) is 3.35. The highest BCUT2D eigenvalue weighted by atomic mass is 16.1. The molecule has 0 radical (unpaired) electrons. The SMILES string of the molecule is CCn1c2ccccc2c2cc(NC(=O)CCN3CCC(C(C)N(C)C)CC3)ccc21. The molecule has 166 valence electrons. The van der Waals surface area contributed by atoms with Gasteiger partial charge in [-0.25, -0.2) is 0 Å². The average Bonchev–Trinajstić information content (AvgIpc) is 3.10. The Hall–Kier alpha value is -2.37. The van der Waals surface area contributed by atoms with E-state index in [4.69, 9.17) is 0 Å². The van der Waals surface area contributed by atoms with E-state index in [9.17, 15) is 4.79 Å². The van der Waals surface area contributed by atoms with Crippen LogP contribution >= 0.6 is 0 Å². The molecule has 5 heteroatoms. The number of aromatic nitrogens is 1. The Morgan fingerprint density at radius 2 is 1.81 bits per heavy atom. The van der Waals surface area contributed by atoms with Crippen LogP contribution in [-0.2, 0) is 11.3 Å². The van der Waals surface area contributed by atoms with Crippen molar-refractivity contribution < 1.29 is 4.79 Å². The first-order valence-electron chi connectivity index (χ1n) is 11.7. The number of amides is 1. The molecule has 1 saturated heterocycles. The highest BCUT2D eigenvalue weighted by molar-refractivity contribution is 6.09. The minimum Gasteiger partial charge on any atom is -0.341 e. The van der Waals surface area contributed by atoms with Gasteiger partial charge in [0.2, 0.25) is 5.91 Å². The van der Waals surface area contributed by atoms with Crippen molar-refractivity contribution >= 4 is 33.4 Å². The van der Waals surface area contributed by atoms with Crippen LogP contribution in [0, 0.1) is 5.92 Å². The Labute approximate surface area is 186 Å². The minimum absolute atomic E-state index is 0.0994. The van der Waals surface area contributed by atoms with Crippen LogP contribution in [0.1, 0.15) is 33.1 Å². The number of hydrogen-bond donors (Lipinski definition) is 1. The van der Waals surface area contributed by atoms with E-state index >= 15 is 0 Å². The van der Waals surface area contributed by atoms with E-state index in [1.165, 1.54) is 34.6 Å². The third-order valence-electron chi connectivity index (χ3n) is 7.16. The lowest BCUT2D eigenvalue weighted by atomic mass is 9.90. The number of piperidine rings is 1. The van der Waals surface area contributed by atoms with Gasteiger partial charge in [-0.3, -0.25) is 4.79 Å². The first-order valence-corrected chi connectivity index (χ1v) is 11.7. The van der Waals surface area contributed by atoms with Crippen molar-refractivity contribution in [1.82, 2.24) is 14.4 Å². The van der Waals surface area contributed by atoms with Crippen molar-refractivity contribution in [3.8, 4) is 0 Å². The number of benzene rings is 2. The molecule has 1 atom stereocenters. The second-order valence-corrected chi connectivity index (χ2v) is 9.17. The molecule has 0 saturated carbocycles. The number of carbonyl (C=O) groups is 1. The fourth-order valence-electron chi connectivity index (χ4n) is 5.04. The number of rotatable bonds is 7. The van der Waals surface area contributed by atoms with Gasteiger partial charge in [-0.2, -0.15) is 0 Å². The molecule has 1 amide bonds. The summed E-state index contributed by atoms with van der Waals surface area (Å²) in [7, 11) is 4.33. The standard InChI is InChI=1S/C26H36N4O/c1-5-30-24-9-7-6-8-22(24)23-18-21(10-11-25(23)30)27-26(31)14-17-29-15-12-20(13-16-29)19(2)28(3)4/h6-11,18-20H,5,12-17H2,1-4H3,(H,27,31). The number of para-hydroxylation sites is 1. The minimum atomic E-state index is 0.0994. The molecule has 1 aliphatic rings. The zero-order valence-electron chi connectivity index (χ0n) is 19.4. The van der Waals surface area contributed by atoms with Crippen LogP contribution in [0.25, 0.3) is 21.8 Å². The Morgan fingerprint density at radius 1 is 1.10 bits per heavy atom. The molecule has 0 bridgehead atoms. The van der Waals surface area contributed by atoms with Gasteiger partial charge < -0.3 is 19.7 Å². The van der Waals surface area contributed by atoms with E-state index < -0.39 is 0 Å². The molecule has 4 rings (SSSR count). The molecule has 5 nitrogen and oxygen atoms in total. The number of nitrogens with one attached hydrogen (secondary N) is 1. The van der Waals surface area contributed by atoms with Gasteiger partial charge in [0, 0.05) is 53.0 Å². The van der Waals surface area contributed by atoms with Gasteiger partial charge in [0.1, 0.15) is 0 Å². The molecule has 2 aromatic carbocycles.